The van der Waals surface area contributed by atoms with E-state index in [0.29, 0.717) is 0 Å². The number of hydrogen-bond donors (Lipinski definition) is 0. The lowest BCUT2D eigenvalue weighted by molar-refractivity contribution is -0.171. The Hall–Kier alpha value is -0.340. The van der Waals surface area contributed by atoms with Crippen LogP contribution < -0.4 is 0 Å². The summed E-state index contributed by atoms with van der Waals surface area (Å²) in [5, 5.41) is 0. The van der Waals surface area contributed by atoms with Gasteiger partial charge >= 0.3 is 0 Å². The van der Waals surface area contributed by atoms with Crippen molar-refractivity contribution in [1.29, 1.82) is 0 Å². The zero-order chi connectivity index (χ0) is 9.43. The van der Waals surface area contributed by atoms with Gasteiger partial charge in [-0.1, -0.05) is 11.1 Å². The average molecular weight is 194 g/mol. The normalized spacial score (nSPS) is 30.9. The van der Waals surface area contributed by atoms with E-state index in [1.807, 2.05) is 0 Å². The fraction of sp³-hybridized carbons (Fsp3) is 0.833. The van der Waals surface area contributed by atoms with E-state index in [9.17, 15) is 0 Å². The monoisotopic (exact) mass is 194 g/mol. The molecule has 2 aliphatic carbocycles. The minimum atomic E-state index is -0.173. The molecule has 0 bridgehead atoms. The topological polar surface area (TPSA) is 18.5 Å². The summed E-state index contributed by atoms with van der Waals surface area (Å²) in [6.07, 6.45) is 8.76. The molecule has 2 heteroatoms. The van der Waals surface area contributed by atoms with Gasteiger partial charge in [-0.05, 0) is 32.1 Å². The zero-order valence-electron chi connectivity index (χ0n) is 8.68. The second-order valence-corrected chi connectivity index (χ2v) is 4.67. The van der Waals surface area contributed by atoms with Gasteiger partial charge in [-0.25, -0.2) is 0 Å². The molecule has 1 spiro atoms. The molecule has 0 aromatic heterocycles. The minimum Gasteiger partial charge on any atom is -0.348 e. The highest BCUT2D eigenvalue weighted by atomic mass is 16.7. The molecule has 0 aromatic carbocycles. The van der Waals surface area contributed by atoms with Gasteiger partial charge in [0.05, 0.1) is 13.2 Å². The maximum Gasteiger partial charge on any atom is 0.169 e. The van der Waals surface area contributed by atoms with Gasteiger partial charge in [0.15, 0.2) is 5.79 Å². The molecule has 1 saturated heterocycles. The molecular weight excluding hydrogens is 176 g/mol. The van der Waals surface area contributed by atoms with E-state index in [2.05, 4.69) is 0 Å². The molecule has 78 valence electrons. The average Bonchev–Trinajstić information content (AvgIpc) is 2.55. The highest BCUT2D eigenvalue weighted by Crippen LogP contribution is 2.42. The van der Waals surface area contributed by atoms with Crippen molar-refractivity contribution < 1.29 is 9.47 Å². The van der Waals surface area contributed by atoms with E-state index in [1.54, 1.807) is 11.1 Å². The Bertz CT molecular complexity index is 243. The lowest BCUT2D eigenvalue weighted by Gasteiger charge is -2.35. The molecule has 0 unspecified atom stereocenters. The number of hydrogen-bond acceptors (Lipinski definition) is 2. The molecular formula is C12H18O2. The van der Waals surface area contributed by atoms with Crippen molar-refractivity contribution >= 4 is 0 Å². The van der Waals surface area contributed by atoms with Gasteiger partial charge in [-0.15, -0.1) is 0 Å². The number of allylic oxidation sites excluding steroid dienone is 2. The van der Waals surface area contributed by atoms with Crippen molar-refractivity contribution in [3.05, 3.63) is 11.1 Å². The molecule has 0 N–H and O–H groups in total. The molecule has 1 heterocycles. The van der Waals surface area contributed by atoms with Crippen LogP contribution in [0, 0.1) is 0 Å². The first-order valence-corrected chi connectivity index (χ1v) is 5.86. The van der Waals surface area contributed by atoms with E-state index >= 15 is 0 Å². The summed E-state index contributed by atoms with van der Waals surface area (Å²) in [5.74, 6) is -0.173. The Morgan fingerprint density at radius 3 is 1.86 bits per heavy atom. The SMILES string of the molecule is C1CC(=C2CCC3(CC2)OCCO3)C1. The second kappa shape index (κ2) is 3.35. The summed E-state index contributed by atoms with van der Waals surface area (Å²) < 4.78 is 11.4. The quantitative estimate of drug-likeness (QED) is 0.552. The fourth-order valence-corrected chi connectivity index (χ4v) is 2.78. The van der Waals surface area contributed by atoms with Crippen LogP contribution in [0.25, 0.3) is 0 Å². The highest BCUT2D eigenvalue weighted by molar-refractivity contribution is 5.21. The third kappa shape index (κ3) is 1.41. The third-order valence-corrected chi connectivity index (χ3v) is 3.89. The van der Waals surface area contributed by atoms with Gasteiger partial charge in [0, 0.05) is 12.8 Å². The van der Waals surface area contributed by atoms with Gasteiger partial charge in [0.2, 0.25) is 0 Å². The van der Waals surface area contributed by atoms with Crippen molar-refractivity contribution in [3.8, 4) is 0 Å². The van der Waals surface area contributed by atoms with Crippen LogP contribution in [0.15, 0.2) is 11.1 Å². The molecule has 1 aliphatic heterocycles. The van der Waals surface area contributed by atoms with Crippen LogP contribution in [-0.4, -0.2) is 19.0 Å². The van der Waals surface area contributed by atoms with Crippen LogP contribution in [0.5, 0.6) is 0 Å². The van der Waals surface area contributed by atoms with Crippen molar-refractivity contribution in [2.75, 3.05) is 13.2 Å². The molecule has 3 rings (SSSR count). The van der Waals surface area contributed by atoms with Crippen LogP contribution in [-0.2, 0) is 9.47 Å². The molecule has 0 atom stereocenters. The molecule has 0 radical (unpaired) electrons. The summed E-state index contributed by atoms with van der Waals surface area (Å²) in [7, 11) is 0. The standard InChI is InChI=1S/C12H18O2/c1-2-10(3-1)11-4-6-12(7-5-11)13-8-9-14-12/h1-9H2. The number of ether oxygens (including phenoxy) is 2. The summed E-state index contributed by atoms with van der Waals surface area (Å²) >= 11 is 0. The molecule has 3 fully saturated rings. The van der Waals surface area contributed by atoms with Gasteiger partial charge in [0.25, 0.3) is 0 Å². The maximum absolute atomic E-state index is 5.72. The highest BCUT2D eigenvalue weighted by Gasteiger charge is 2.39. The lowest BCUT2D eigenvalue weighted by atomic mass is 9.80. The lowest BCUT2D eigenvalue weighted by Crippen LogP contribution is -2.33. The fourth-order valence-electron chi connectivity index (χ4n) is 2.78. The van der Waals surface area contributed by atoms with Gasteiger partial charge in [-0.3, -0.25) is 0 Å². The van der Waals surface area contributed by atoms with Crippen molar-refractivity contribution in [1.82, 2.24) is 0 Å². The molecule has 2 nitrogen and oxygen atoms in total. The second-order valence-electron chi connectivity index (χ2n) is 4.67. The molecule has 3 aliphatic rings. The van der Waals surface area contributed by atoms with Crippen LogP contribution in [0.3, 0.4) is 0 Å². The predicted octanol–water partition coefficient (Wildman–Crippen LogP) is 2.78. The van der Waals surface area contributed by atoms with E-state index in [0.717, 1.165) is 26.1 Å². The van der Waals surface area contributed by atoms with E-state index in [4.69, 9.17) is 9.47 Å². The Morgan fingerprint density at radius 2 is 1.36 bits per heavy atom. The molecule has 0 aromatic rings. The summed E-state index contributed by atoms with van der Waals surface area (Å²) in [4.78, 5) is 0. The van der Waals surface area contributed by atoms with Crippen LogP contribution in [0.2, 0.25) is 0 Å². The van der Waals surface area contributed by atoms with Crippen LogP contribution in [0.1, 0.15) is 44.9 Å². The van der Waals surface area contributed by atoms with E-state index in [-0.39, 0.29) is 5.79 Å². The molecule has 0 amide bonds. The summed E-state index contributed by atoms with van der Waals surface area (Å²) in [5.41, 5.74) is 3.47. The predicted molar refractivity (Wildman–Crippen MR) is 54.0 cm³/mol. The first-order chi connectivity index (χ1) is 6.88. The first-order valence-electron chi connectivity index (χ1n) is 5.86. The first kappa shape index (κ1) is 8.93. The van der Waals surface area contributed by atoms with E-state index in [1.165, 1.54) is 32.1 Å². The summed E-state index contributed by atoms with van der Waals surface area (Å²) in [6, 6.07) is 0. The molecule has 14 heavy (non-hydrogen) atoms. The summed E-state index contributed by atoms with van der Waals surface area (Å²) in [6.45, 7) is 1.60. The van der Waals surface area contributed by atoms with Gasteiger partial charge in [-0.2, -0.15) is 0 Å². The Balaban J connectivity index is 1.66. The van der Waals surface area contributed by atoms with Crippen molar-refractivity contribution in [2.24, 2.45) is 0 Å². The van der Waals surface area contributed by atoms with E-state index < -0.39 is 0 Å². The number of rotatable bonds is 0. The van der Waals surface area contributed by atoms with Crippen LogP contribution >= 0.6 is 0 Å². The Labute approximate surface area is 85.3 Å². The van der Waals surface area contributed by atoms with Crippen LogP contribution in [0.4, 0.5) is 0 Å². The van der Waals surface area contributed by atoms with Crippen molar-refractivity contribution in [2.45, 2.75) is 50.7 Å². The largest absolute Gasteiger partial charge is 0.348 e. The minimum absolute atomic E-state index is 0.173. The molecule has 2 saturated carbocycles. The smallest absolute Gasteiger partial charge is 0.169 e. The van der Waals surface area contributed by atoms with Gasteiger partial charge in [0.1, 0.15) is 0 Å². The zero-order valence-corrected chi connectivity index (χ0v) is 8.68. The van der Waals surface area contributed by atoms with Gasteiger partial charge < -0.3 is 9.47 Å². The third-order valence-electron chi connectivity index (χ3n) is 3.89. The Morgan fingerprint density at radius 1 is 0.786 bits per heavy atom. The van der Waals surface area contributed by atoms with Crippen molar-refractivity contribution in [3.63, 3.8) is 0 Å². The maximum atomic E-state index is 5.72. The Kier molecular flexibility index (Phi) is 2.14.